The molecular formula is C22H20ClN3O5S. The Morgan fingerprint density at radius 2 is 1.91 bits per heavy atom. The summed E-state index contributed by atoms with van der Waals surface area (Å²) >= 11 is 7.63. The van der Waals surface area contributed by atoms with Crippen LogP contribution in [0.1, 0.15) is 39.7 Å². The van der Waals surface area contributed by atoms with E-state index in [9.17, 15) is 19.7 Å². The van der Waals surface area contributed by atoms with Crippen molar-refractivity contribution in [2.45, 2.75) is 34.3 Å². The van der Waals surface area contributed by atoms with E-state index < -0.39 is 10.9 Å². The number of nitrogens with zero attached hydrogens (tertiary/aromatic N) is 3. The first-order valence-electron chi connectivity index (χ1n) is 9.52. The maximum Gasteiger partial charge on any atom is 0.338 e. The highest BCUT2D eigenvalue weighted by Crippen LogP contribution is 2.37. The van der Waals surface area contributed by atoms with Crippen molar-refractivity contribution < 1.29 is 19.2 Å². The smallest absolute Gasteiger partial charge is 0.338 e. The van der Waals surface area contributed by atoms with E-state index in [1.165, 1.54) is 41.4 Å². The molecule has 1 heterocycles. The van der Waals surface area contributed by atoms with Crippen LogP contribution in [-0.2, 0) is 16.1 Å². The summed E-state index contributed by atoms with van der Waals surface area (Å²) in [6.45, 7) is 6.64. The Labute approximate surface area is 193 Å². The SMILES string of the molecule is CC(=O)N(c1nc(COC(=O)c2ccc(C)c([N+](=O)[O-])c2)cs1)c1c(C)cc(C)cc1Cl. The summed E-state index contributed by atoms with van der Waals surface area (Å²) in [4.78, 5) is 41.1. The number of hydrogen-bond acceptors (Lipinski definition) is 7. The van der Waals surface area contributed by atoms with Gasteiger partial charge in [0, 0.05) is 23.9 Å². The first-order valence-corrected chi connectivity index (χ1v) is 10.8. The maximum absolute atomic E-state index is 12.4. The average molecular weight is 474 g/mol. The summed E-state index contributed by atoms with van der Waals surface area (Å²) < 4.78 is 5.26. The Hall–Kier alpha value is -3.30. The molecule has 0 spiro atoms. The summed E-state index contributed by atoms with van der Waals surface area (Å²) in [5, 5.41) is 13.6. The molecule has 1 aromatic heterocycles. The molecule has 0 saturated carbocycles. The van der Waals surface area contributed by atoms with Crippen LogP contribution < -0.4 is 4.90 Å². The van der Waals surface area contributed by atoms with E-state index in [1.54, 1.807) is 18.4 Å². The summed E-state index contributed by atoms with van der Waals surface area (Å²) in [6, 6.07) is 7.85. The van der Waals surface area contributed by atoms with Gasteiger partial charge >= 0.3 is 5.97 Å². The van der Waals surface area contributed by atoms with E-state index in [4.69, 9.17) is 16.3 Å². The summed E-state index contributed by atoms with van der Waals surface area (Å²) in [5.41, 5.74) is 3.16. The van der Waals surface area contributed by atoms with Crippen molar-refractivity contribution in [2.24, 2.45) is 0 Å². The van der Waals surface area contributed by atoms with Crippen molar-refractivity contribution >= 4 is 51.3 Å². The van der Waals surface area contributed by atoms with Gasteiger partial charge in [-0.2, -0.15) is 0 Å². The lowest BCUT2D eigenvalue weighted by Crippen LogP contribution is -2.24. The van der Waals surface area contributed by atoms with Crippen molar-refractivity contribution in [3.05, 3.63) is 78.8 Å². The number of aryl methyl sites for hydroxylation is 3. The number of amides is 1. The van der Waals surface area contributed by atoms with Gasteiger partial charge in [0.1, 0.15) is 6.61 Å². The highest BCUT2D eigenvalue weighted by atomic mass is 35.5. The number of halogens is 1. The van der Waals surface area contributed by atoms with E-state index in [2.05, 4.69) is 4.98 Å². The van der Waals surface area contributed by atoms with Gasteiger partial charge in [-0.1, -0.05) is 23.7 Å². The van der Waals surface area contributed by atoms with Crippen LogP contribution in [0.4, 0.5) is 16.5 Å². The molecule has 1 amide bonds. The molecule has 0 bridgehead atoms. The lowest BCUT2D eigenvalue weighted by Gasteiger charge is -2.22. The number of carbonyl (C=O) groups excluding carboxylic acids is 2. The predicted octanol–water partition coefficient (Wildman–Crippen LogP) is 5.67. The molecule has 0 N–H and O–H groups in total. The second-order valence-corrected chi connectivity index (χ2v) is 8.47. The van der Waals surface area contributed by atoms with Gasteiger partial charge in [-0.25, -0.2) is 9.78 Å². The zero-order valence-electron chi connectivity index (χ0n) is 17.8. The lowest BCUT2D eigenvalue weighted by molar-refractivity contribution is -0.385. The molecule has 8 nitrogen and oxygen atoms in total. The van der Waals surface area contributed by atoms with Crippen molar-refractivity contribution in [3.8, 4) is 0 Å². The quantitative estimate of drug-likeness (QED) is 0.259. The highest BCUT2D eigenvalue weighted by Gasteiger charge is 2.23. The number of esters is 1. The van der Waals surface area contributed by atoms with Crippen molar-refractivity contribution in [1.82, 2.24) is 4.98 Å². The second kappa shape index (κ2) is 9.46. The first-order chi connectivity index (χ1) is 15.1. The molecule has 0 saturated heterocycles. The van der Waals surface area contributed by atoms with Crippen LogP contribution in [0.3, 0.4) is 0 Å². The molecule has 0 unspecified atom stereocenters. The third kappa shape index (κ3) is 4.95. The van der Waals surface area contributed by atoms with Crippen LogP contribution in [0.5, 0.6) is 0 Å². The van der Waals surface area contributed by atoms with Crippen LogP contribution in [-0.4, -0.2) is 21.8 Å². The number of hydrogen-bond donors (Lipinski definition) is 0. The van der Waals surface area contributed by atoms with E-state index >= 15 is 0 Å². The third-order valence-electron chi connectivity index (χ3n) is 4.66. The number of rotatable bonds is 6. The molecule has 0 fully saturated rings. The Balaban J connectivity index is 1.79. The molecule has 3 aromatic rings. The average Bonchev–Trinajstić information content (AvgIpc) is 3.16. The minimum atomic E-state index is -0.705. The normalized spacial score (nSPS) is 10.7. The Morgan fingerprint density at radius 1 is 1.19 bits per heavy atom. The first kappa shape index (κ1) is 23.4. The largest absolute Gasteiger partial charge is 0.456 e. The molecule has 3 rings (SSSR count). The molecular weight excluding hydrogens is 454 g/mol. The Kier molecular flexibility index (Phi) is 6.90. The second-order valence-electron chi connectivity index (χ2n) is 7.22. The highest BCUT2D eigenvalue weighted by molar-refractivity contribution is 7.14. The predicted molar refractivity (Wildman–Crippen MR) is 123 cm³/mol. The van der Waals surface area contributed by atoms with E-state index in [0.29, 0.717) is 27.1 Å². The van der Waals surface area contributed by atoms with Gasteiger partial charge in [-0.15, -0.1) is 11.3 Å². The molecule has 166 valence electrons. The Morgan fingerprint density at radius 3 is 2.53 bits per heavy atom. The fraction of sp³-hybridized carbons (Fsp3) is 0.227. The fourth-order valence-corrected chi connectivity index (χ4v) is 4.46. The van der Waals surface area contributed by atoms with Gasteiger partial charge in [0.15, 0.2) is 5.13 Å². The number of aromatic nitrogens is 1. The molecule has 0 aliphatic carbocycles. The lowest BCUT2D eigenvalue weighted by atomic mass is 10.1. The number of anilines is 2. The molecule has 32 heavy (non-hydrogen) atoms. The monoisotopic (exact) mass is 473 g/mol. The van der Waals surface area contributed by atoms with E-state index in [0.717, 1.165) is 11.1 Å². The van der Waals surface area contributed by atoms with Crippen molar-refractivity contribution in [2.75, 3.05) is 4.90 Å². The van der Waals surface area contributed by atoms with Crippen LogP contribution >= 0.6 is 22.9 Å². The van der Waals surface area contributed by atoms with Gasteiger partial charge in [0.05, 0.1) is 26.9 Å². The summed E-state index contributed by atoms with van der Waals surface area (Å²) in [7, 11) is 0. The van der Waals surface area contributed by atoms with Crippen molar-refractivity contribution in [1.29, 1.82) is 0 Å². The van der Waals surface area contributed by atoms with E-state index in [1.807, 2.05) is 19.9 Å². The molecule has 10 heteroatoms. The van der Waals surface area contributed by atoms with E-state index in [-0.39, 0.29) is 23.8 Å². The molecule has 0 aliphatic heterocycles. The van der Waals surface area contributed by atoms with Gasteiger partial charge in [0.25, 0.3) is 5.69 Å². The Bertz CT molecular complexity index is 1200. The number of thiazole rings is 1. The molecule has 0 atom stereocenters. The van der Waals surface area contributed by atoms with Gasteiger partial charge in [-0.3, -0.25) is 19.8 Å². The zero-order valence-corrected chi connectivity index (χ0v) is 19.4. The van der Waals surface area contributed by atoms with Gasteiger partial charge < -0.3 is 4.74 Å². The number of nitro groups is 1. The molecule has 0 radical (unpaired) electrons. The molecule has 2 aromatic carbocycles. The number of ether oxygens (including phenoxy) is 1. The number of carbonyl (C=O) groups is 2. The summed E-state index contributed by atoms with van der Waals surface area (Å²) in [5.74, 6) is -0.966. The number of benzene rings is 2. The standard InChI is InChI=1S/C22H20ClN3O5S/c1-12-7-14(3)20(18(23)8-12)25(15(4)27)22-24-17(11-32-22)10-31-21(28)16-6-5-13(2)19(9-16)26(29)30/h5-9,11H,10H2,1-4H3. The van der Waals surface area contributed by atoms with Gasteiger partial charge in [0.2, 0.25) is 5.91 Å². The fourth-order valence-electron chi connectivity index (χ4n) is 3.20. The van der Waals surface area contributed by atoms with Crippen LogP contribution in [0.2, 0.25) is 5.02 Å². The zero-order chi connectivity index (χ0) is 23.6. The van der Waals surface area contributed by atoms with Crippen LogP contribution in [0.25, 0.3) is 0 Å². The third-order valence-corrected chi connectivity index (χ3v) is 5.82. The van der Waals surface area contributed by atoms with Crippen LogP contribution in [0, 0.1) is 30.9 Å². The van der Waals surface area contributed by atoms with Crippen molar-refractivity contribution in [3.63, 3.8) is 0 Å². The van der Waals surface area contributed by atoms with Gasteiger partial charge in [-0.05, 0) is 44.0 Å². The minimum Gasteiger partial charge on any atom is -0.456 e. The number of nitro benzene ring substituents is 1. The van der Waals surface area contributed by atoms with Crippen LogP contribution in [0.15, 0.2) is 35.7 Å². The molecule has 0 aliphatic rings. The maximum atomic E-state index is 12.4. The topological polar surface area (TPSA) is 103 Å². The summed E-state index contributed by atoms with van der Waals surface area (Å²) in [6.07, 6.45) is 0. The minimum absolute atomic E-state index is 0.0742.